The highest BCUT2D eigenvalue weighted by Gasteiger charge is 2.89. The molecule has 3 N–H and O–H groups in total. The molecule has 1 aliphatic heterocycles. The third-order valence-corrected chi connectivity index (χ3v) is 12.6. The van der Waals surface area contributed by atoms with E-state index in [2.05, 4.69) is 17.1 Å². The van der Waals surface area contributed by atoms with Gasteiger partial charge in [0.15, 0.2) is 0 Å². The first-order valence-electron chi connectivity index (χ1n) is 15.4. The zero-order valence-electron chi connectivity index (χ0n) is 25.6. The molecule has 0 radical (unpaired) electrons. The number of benzene rings is 1. The zero-order valence-corrected chi connectivity index (χ0v) is 27.3. The number of rotatable bonds is 7. The lowest BCUT2D eigenvalue weighted by Crippen LogP contribution is -2.83. The van der Waals surface area contributed by atoms with Crippen molar-refractivity contribution in [3.05, 3.63) is 29.8 Å². The lowest BCUT2D eigenvalue weighted by molar-refractivity contribution is -0.337. The average Bonchev–Trinajstić information content (AvgIpc) is 3.39. The number of amides is 1. The molecular weight excluding hydrogens is 620 g/mol. The summed E-state index contributed by atoms with van der Waals surface area (Å²) >= 11 is 0. The van der Waals surface area contributed by atoms with Gasteiger partial charge < -0.3 is 34.5 Å². The molecule has 1 saturated heterocycles. The minimum absolute atomic E-state index is 0. The number of likely N-dealkylation sites (N-methyl/N-ethyl adjacent to an activating group) is 1. The molecule has 238 valence electrons. The van der Waals surface area contributed by atoms with Crippen LogP contribution in [0.15, 0.2) is 24.3 Å². The zero-order chi connectivity index (χ0) is 29.8. The highest BCUT2D eigenvalue weighted by atomic mass is 79.9. The molecule has 5 aliphatic carbocycles. The fraction of sp³-hybridized carbons (Fsp3) is 0.750. The fourth-order valence-electron chi connectivity index (χ4n) is 11.6. The number of methoxy groups -OCH3 is 3. The maximum atomic E-state index is 14.0. The van der Waals surface area contributed by atoms with Crippen molar-refractivity contribution < 1.29 is 38.7 Å². The lowest BCUT2D eigenvalue weighted by Gasteiger charge is -2.70. The first-order chi connectivity index (χ1) is 20.1. The van der Waals surface area contributed by atoms with Gasteiger partial charge in [0.25, 0.3) is 0 Å². The second-order valence-electron chi connectivity index (χ2n) is 13.7. The minimum atomic E-state index is -1.48. The number of ether oxygens (including phenoxy) is 4. The van der Waals surface area contributed by atoms with Crippen molar-refractivity contribution >= 4 is 34.5 Å². The van der Waals surface area contributed by atoms with E-state index in [1.54, 1.807) is 45.6 Å². The Morgan fingerprint density at radius 1 is 1.07 bits per heavy atom. The minimum Gasteiger partial charge on any atom is -0.454 e. The number of hydrogen-bond acceptors (Lipinski definition) is 9. The van der Waals surface area contributed by atoms with E-state index in [-0.39, 0.29) is 64.8 Å². The number of carbonyl (C=O) groups excluding carboxylic acids is 2. The molecule has 6 fully saturated rings. The summed E-state index contributed by atoms with van der Waals surface area (Å²) in [4.78, 5) is 28.3. The van der Waals surface area contributed by atoms with Crippen LogP contribution in [0.2, 0.25) is 0 Å². The number of nitrogens with zero attached hydrogens (tertiary/aromatic N) is 1. The molecule has 1 heterocycles. The smallest absolute Gasteiger partial charge is 0.340 e. The number of hydrogen-bond donors (Lipinski definition) is 3. The van der Waals surface area contributed by atoms with E-state index in [9.17, 15) is 19.8 Å². The molecule has 1 aromatic rings. The number of piperidine rings is 1. The summed E-state index contributed by atoms with van der Waals surface area (Å²) in [5.74, 6) is -1.54. The Morgan fingerprint density at radius 3 is 2.47 bits per heavy atom. The van der Waals surface area contributed by atoms with Gasteiger partial charge in [-0.3, -0.25) is 9.69 Å². The molecular formula is C32H45BrN2O8. The molecule has 7 rings (SSSR count). The second kappa shape index (κ2) is 10.5. The maximum absolute atomic E-state index is 14.0. The van der Waals surface area contributed by atoms with E-state index < -0.39 is 34.3 Å². The van der Waals surface area contributed by atoms with Gasteiger partial charge in [-0.1, -0.05) is 19.1 Å². The van der Waals surface area contributed by atoms with Crippen molar-refractivity contribution in [3.8, 4) is 0 Å². The van der Waals surface area contributed by atoms with Gasteiger partial charge in [0.1, 0.15) is 16.8 Å². The van der Waals surface area contributed by atoms with Crippen molar-refractivity contribution in [3.63, 3.8) is 0 Å². The van der Waals surface area contributed by atoms with Crippen molar-refractivity contribution in [2.45, 2.75) is 87.1 Å². The Kier molecular flexibility index (Phi) is 7.64. The van der Waals surface area contributed by atoms with E-state index in [1.807, 2.05) is 0 Å². The van der Waals surface area contributed by atoms with Crippen LogP contribution in [0.25, 0.3) is 0 Å². The van der Waals surface area contributed by atoms with Crippen LogP contribution in [0.4, 0.5) is 5.69 Å². The molecule has 5 saturated carbocycles. The summed E-state index contributed by atoms with van der Waals surface area (Å²) in [6.07, 6.45) is 1.91. The number of carbonyl (C=O) groups is 2. The third-order valence-electron chi connectivity index (χ3n) is 12.6. The highest BCUT2D eigenvalue weighted by molar-refractivity contribution is 8.93. The molecule has 6 aliphatic rings. The number of likely N-dealkylation sites (tertiary alicyclic amines) is 1. The summed E-state index contributed by atoms with van der Waals surface area (Å²) < 4.78 is 25.1. The number of para-hydroxylation sites is 1. The monoisotopic (exact) mass is 664 g/mol. The van der Waals surface area contributed by atoms with Crippen molar-refractivity contribution in [2.75, 3.05) is 39.7 Å². The number of aliphatic hydroxyl groups is 2. The number of halogens is 1. The molecule has 10 nitrogen and oxygen atoms in total. The third kappa shape index (κ3) is 3.67. The SMILES string of the molecule is Br.CCN1C[C@]2(OC(=O)c3ccccc3NC(C)=O)CC[C@@H](OC)[C@]34C1[C@H](C[C@H]23)[C@@]1(O)C[C@H](OC)[C@H]2C[C@@H]4[C@]1(O)[C@H]2OC. The predicted molar refractivity (Wildman–Crippen MR) is 162 cm³/mol. The lowest BCUT2D eigenvalue weighted by atomic mass is 9.44. The largest absolute Gasteiger partial charge is 0.454 e. The van der Waals surface area contributed by atoms with Crippen molar-refractivity contribution in [1.82, 2.24) is 4.90 Å². The van der Waals surface area contributed by atoms with Gasteiger partial charge in [-0.15, -0.1) is 17.0 Å². The second-order valence-corrected chi connectivity index (χ2v) is 13.7. The fourth-order valence-corrected chi connectivity index (χ4v) is 11.6. The van der Waals surface area contributed by atoms with Crippen molar-refractivity contribution in [2.24, 2.45) is 29.1 Å². The summed E-state index contributed by atoms with van der Waals surface area (Å²) in [5.41, 5.74) is -3.57. The summed E-state index contributed by atoms with van der Waals surface area (Å²) in [6, 6.07) is 6.89. The first-order valence-corrected chi connectivity index (χ1v) is 15.4. The van der Waals surface area contributed by atoms with Gasteiger partial charge in [0.2, 0.25) is 5.91 Å². The molecule has 1 aromatic carbocycles. The maximum Gasteiger partial charge on any atom is 0.340 e. The predicted octanol–water partition coefficient (Wildman–Crippen LogP) is 2.80. The normalized spacial score (nSPS) is 47.0. The summed E-state index contributed by atoms with van der Waals surface area (Å²) in [7, 11) is 5.05. The topological polar surface area (TPSA) is 127 Å². The number of anilines is 1. The van der Waals surface area contributed by atoms with Crippen LogP contribution in [-0.4, -0.2) is 103 Å². The number of esters is 1. The van der Waals surface area contributed by atoms with Gasteiger partial charge in [-0.2, -0.15) is 0 Å². The Balaban J connectivity index is 0.00000329. The molecule has 0 aromatic heterocycles. The van der Waals surface area contributed by atoms with Crippen LogP contribution in [0.3, 0.4) is 0 Å². The van der Waals surface area contributed by atoms with Gasteiger partial charge in [0.05, 0.1) is 29.6 Å². The molecule has 7 bridgehead atoms. The Labute approximate surface area is 263 Å². The van der Waals surface area contributed by atoms with Crippen LogP contribution >= 0.6 is 17.0 Å². The molecule has 1 amide bonds. The van der Waals surface area contributed by atoms with E-state index in [4.69, 9.17) is 18.9 Å². The van der Waals surface area contributed by atoms with E-state index in [0.29, 0.717) is 56.4 Å². The standard InChI is InChI=1S/C32H44N2O8.BrH/c1-6-34-16-29(42-28(36)18-9-7-8-10-21(18)33-17(2)35)12-11-25(40-4)31-23(29)14-20(26(31)34)30(37)15-22(39-3)19-13-24(31)32(30,38)27(19)41-5;/h7-10,19-20,22-27,37-38H,6,11-16H2,1-5H3,(H,33,35);1H/t19-,20+,22+,23-,24+,25-,26?,27+,29-,30+,31+,32+;/m1./s1. The average molecular weight is 666 g/mol. The van der Waals surface area contributed by atoms with Crippen LogP contribution in [-0.2, 0) is 23.7 Å². The van der Waals surface area contributed by atoms with E-state index in [0.717, 1.165) is 0 Å². The van der Waals surface area contributed by atoms with Crippen LogP contribution in [0.1, 0.15) is 56.3 Å². The molecule has 12 atom stereocenters. The van der Waals surface area contributed by atoms with E-state index >= 15 is 0 Å². The van der Waals surface area contributed by atoms with Gasteiger partial charge in [0, 0.05) is 76.3 Å². The Bertz CT molecular complexity index is 1300. The summed E-state index contributed by atoms with van der Waals surface area (Å²) in [6.45, 7) is 4.79. The van der Waals surface area contributed by atoms with E-state index in [1.165, 1.54) is 6.92 Å². The Morgan fingerprint density at radius 2 is 1.81 bits per heavy atom. The van der Waals surface area contributed by atoms with Crippen LogP contribution < -0.4 is 5.32 Å². The van der Waals surface area contributed by atoms with Crippen molar-refractivity contribution in [1.29, 1.82) is 0 Å². The van der Waals surface area contributed by atoms with Crippen LogP contribution in [0, 0.1) is 29.1 Å². The first kappa shape index (κ1) is 31.4. The van der Waals surface area contributed by atoms with Gasteiger partial charge in [-0.05, 0) is 44.4 Å². The van der Waals surface area contributed by atoms with Gasteiger partial charge >= 0.3 is 5.97 Å². The molecule has 11 heteroatoms. The Hall–Kier alpha value is -1.60. The van der Waals surface area contributed by atoms with Crippen LogP contribution in [0.5, 0.6) is 0 Å². The summed E-state index contributed by atoms with van der Waals surface area (Å²) in [5, 5.41) is 28.4. The molecule has 1 unspecified atom stereocenters. The molecule has 43 heavy (non-hydrogen) atoms. The molecule has 1 spiro atoms. The highest BCUT2D eigenvalue weighted by Crippen LogP contribution is 2.79. The number of fused-ring (bicyclic) bond motifs is 2. The number of nitrogens with one attached hydrogen (secondary N) is 1. The van der Waals surface area contributed by atoms with Gasteiger partial charge in [-0.25, -0.2) is 4.79 Å². The quantitative estimate of drug-likeness (QED) is 0.377.